The van der Waals surface area contributed by atoms with Crippen molar-refractivity contribution < 1.29 is 18.7 Å². The number of halogens is 1. The monoisotopic (exact) mass is 386 g/mol. The van der Waals surface area contributed by atoms with E-state index in [2.05, 4.69) is 4.90 Å². The molecule has 28 heavy (non-hydrogen) atoms. The van der Waals surface area contributed by atoms with Crippen LogP contribution in [0, 0.1) is 5.82 Å². The number of hydrogen-bond donors (Lipinski definition) is 0. The molecule has 2 aromatic carbocycles. The van der Waals surface area contributed by atoms with Gasteiger partial charge < -0.3 is 14.4 Å². The van der Waals surface area contributed by atoms with Crippen molar-refractivity contribution in [2.24, 2.45) is 0 Å². The third-order valence-corrected chi connectivity index (χ3v) is 5.14. The fourth-order valence-electron chi connectivity index (χ4n) is 3.48. The molecule has 0 aliphatic carbocycles. The average molecular weight is 386 g/mol. The molecule has 0 unspecified atom stereocenters. The van der Waals surface area contributed by atoms with Crippen LogP contribution >= 0.6 is 0 Å². The van der Waals surface area contributed by atoms with Gasteiger partial charge in [0.25, 0.3) is 5.91 Å². The summed E-state index contributed by atoms with van der Waals surface area (Å²) in [7, 11) is 3.14. The van der Waals surface area contributed by atoms with Gasteiger partial charge in [0.15, 0.2) is 11.5 Å². The zero-order valence-corrected chi connectivity index (χ0v) is 16.5. The molecule has 1 aliphatic heterocycles. The van der Waals surface area contributed by atoms with Crippen molar-refractivity contribution in [2.45, 2.75) is 12.8 Å². The van der Waals surface area contributed by atoms with E-state index in [4.69, 9.17) is 9.47 Å². The minimum Gasteiger partial charge on any atom is -0.493 e. The summed E-state index contributed by atoms with van der Waals surface area (Å²) in [5.74, 6) is 1.00. The number of piperazine rings is 1. The summed E-state index contributed by atoms with van der Waals surface area (Å²) in [5.41, 5.74) is 1.77. The van der Waals surface area contributed by atoms with Crippen LogP contribution < -0.4 is 9.47 Å². The lowest BCUT2D eigenvalue weighted by Crippen LogP contribution is -2.48. The van der Waals surface area contributed by atoms with Gasteiger partial charge in [-0.2, -0.15) is 0 Å². The van der Waals surface area contributed by atoms with Crippen molar-refractivity contribution in [1.29, 1.82) is 0 Å². The number of amides is 1. The van der Waals surface area contributed by atoms with Crippen LogP contribution in [0.4, 0.5) is 4.39 Å². The van der Waals surface area contributed by atoms with Gasteiger partial charge in [0.2, 0.25) is 0 Å². The maximum absolute atomic E-state index is 13.0. The van der Waals surface area contributed by atoms with Crippen LogP contribution in [0.1, 0.15) is 22.3 Å². The van der Waals surface area contributed by atoms with Crippen LogP contribution in [0.25, 0.3) is 0 Å². The Bertz CT molecular complexity index is 787. The highest BCUT2D eigenvalue weighted by molar-refractivity contribution is 5.95. The molecular weight excluding hydrogens is 359 g/mol. The quantitative estimate of drug-likeness (QED) is 0.733. The predicted molar refractivity (Wildman–Crippen MR) is 107 cm³/mol. The number of carbonyl (C=O) groups excluding carboxylic acids is 1. The second kappa shape index (κ2) is 9.55. The Kier molecular flexibility index (Phi) is 6.87. The number of nitrogens with zero attached hydrogens (tertiary/aromatic N) is 2. The average Bonchev–Trinajstić information content (AvgIpc) is 2.74. The van der Waals surface area contributed by atoms with Gasteiger partial charge in [-0.25, -0.2) is 4.39 Å². The molecule has 1 aliphatic rings. The first-order chi connectivity index (χ1) is 13.6. The molecule has 1 saturated heterocycles. The van der Waals surface area contributed by atoms with Crippen molar-refractivity contribution in [2.75, 3.05) is 46.9 Å². The van der Waals surface area contributed by atoms with E-state index in [0.717, 1.165) is 38.0 Å². The molecule has 1 amide bonds. The van der Waals surface area contributed by atoms with Crippen molar-refractivity contribution in [3.8, 4) is 11.5 Å². The summed E-state index contributed by atoms with van der Waals surface area (Å²) in [6.45, 7) is 4.13. The van der Waals surface area contributed by atoms with Gasteiger partial charge in [0.1, 0.15) is 5.82 Å². The lowest BCUT2D eigenvalue weighted by Gasteiger charge is -2.34. The Morgan fingerprint density at radius 2 is 1.64 bits per heavy atom. The summed E-state index contributed by atoms with van der Waals surface area (Å²) in [6.07, 6.45) is 1.96. The maximum Gasteiger partial charge on any atom is 0.254 e. The smallest absolute Gasteiger partial charge is 0.254 e. The highest BCUT2D eigenvalue weighted by atomic mass is 19.1. The highest BCUT2D eigenvalue weighted by Gasteiger charge is 2.22. The molecule has 1 heterocycles. The van der Waals surface area contributed by atoms with E-state index in [1.54, 1.807) is 32.4 Å². The van der Waals surface area contributed by atoms with Crippen LogP contribution in [0.15, 0.2) is 42.5 Å². The zero-order chi connectivity index (χ0) is 19.9. The van der Waals surface area contributed by atoms with E-state index in [0.29, 0.717) is 30.2 Å². The molecule has 0 aromatic heterocycles. The highest BCUT2D eigenvalue weighted by Crippen LogP contribution is 2.28. The van der Waals surface area contributed by atoms with Crippen LogP contribution in [0.3, 0.4) is 0 Å². The number of ether oxygens (including phenoxy) is 2. The standard InChI is InChI=1S/C22H27FN2O3/c1-27-20-10-7-18(16-21(20)28-2)22(26)25-14-12-24(13-15-25)11-3-4-17-5-8-19(23)9-6-17/h5-10,16H,3-4,11-15H2,1-2H3. The van der Waals surface area contributed by atoms with Crippen LogP contribution in [0.2, 0.25) is 0 Å². The number of methoxy groups -OCH3 is 2. The van der Waals surface area contributed by atoms with Gasteiger partial charge in [-0.05, 0) is 55.3 Å². The maximum atomic E-state index is 13.0. The van der Waals surface area contributed by atoms with E-state index in [9.17, 15) is 9.18 Å². The third kappa shape index (κ3) is 5.01. The molecule has 0 N–H and O–H groups in total. The van der Waals surface area contributed by atoms with Crippen molar-refractivity contribution in [3.63, 3.8) is 0 Å². The van der Waals surface area contributed by atoms with E-state index in [1.807, 2.05) is 17.0 Å². The molecule has 6 heteroatoms. The summed E-state index contributed by atoms with van der Waals surface area (Å²) < 4.78 is 23.5. The molecular formula is C22H27FN2O3. The summed E-state index contributed by atoms with van der Waals surface area (Å²) in [4.78, 5) is 17.0. The van der Waals surface area contributed by atoms with Gasteiger partial charge in [-0.15, -0.1) is 0 Å². The summed E-state index contributed by atoms with van der Waals surface area (Å²) in [5, 5.41) is 0. The van der Waals surface area contributed by atoms with Crippen molar-refractivity contribution in [1.82, 2.24) is 9.80 Å². The molecule has 0 spiro atoms. The lowest BCUT2D eigenvalue weighted by molar-refractivity contribution is 0.0635. The first-order valence-corrected chi connectivity index (χ1v) is 9.59. The summed E-state index contributed by atoms with van der Waals surface area (Å²) >= 11 is 0. The minimum atomic E-state index is -0.195. The number of hydrogen-bond acceptors (Lipinski definition) is 4. The Balaban J connectivity index is 1.46. The molecule has 150 valence electrons. The van der Waals surface area contributed by atoms with E-state index in [-0.39, 0.29) is 11.7 Å². The molecule has 5 nitrogen and oxygen atoms in total. The van der Waals surface area contributed by atoms with Crippen molar-refractivity contribution >= 4 is 5.91 Å². The van der Waals surface area contributed by atoms with Gasteiger partial charge in [0, 0.05) is 31.7 Å². The largest absolute Gasteiger partial charge is 0.493 e. The molecule has 0 radical (unpaired) electrons. The number of aryl methyl sites for hydroxylation is 1. The topological polar surface area (TPSA) is 42.0 Å². The van der Waals surface area contributed by atoms with E-state index in [1.165, 1.54) is 12.1 Å². The SMILES string of the molecule is COc1ccc(C(=O)N2CCN(CCCc3ccc(F)cc3)CC2)cc1OC. The number of rotatable bonds is 7. The van der Waals surface area contributed by atoms with Crippen LogP contribution in [-0.4, -0.2) is 62.7 Å². The molecule has 2 aromatic rings. The first-order valence-electron chi connectivity index (χ1n) is 9.59. The Labute approximate surface area is 165 Å². The van der Waals surface area contributed by atoms with Gasteiger partial charge in [0.05, 0.1) is 14.2 Å². The fraction of sp³-hybridized carbons (Fsp3) is 0.409. The lowest BCUT2D eigenvalue weighted by atomic mass is 10.1. The summed E-state index contributed by atoms with van der Waals surface area (Å²) in [6, 6.07) is 12.0. The number of carbonyl (C=O) groups is 1. The normalized spacial score (nSPS) is 14.8. The molecule has 0 atom stereocenters. The van der Waals surface area contributed by atoms with Crippen LogP contribution in [0.5, 0.6) is 11.5 Å². The predicted octanol–water partition coefficient (Wildman–Crippen LogP) is 3.23. The third-order valence-electron chi connectivity index (χ3n) is 5.14. The van der Waals surface area contributed by atoms with Gasteiger partial charge in [-0.1, -0.05) is 12.1 Å². The molecule has 1 fully saturated rings. The van der Waals surface area contributed by atoms with Crippen LogP contribution in [-0.2, 0) is 6.42 Å². The minimum absolute atomic E-state index is 0.0203. The number of benzene rings is 2. The molecule has 3 rings (SSSR count). The zero-order valence-electron chi connectivity index (χ0n) is 16.5. The first kappa shape index (κ1) is 20.1. The Hall–Kier alpha value is -2.60. The molecule has 0 bridgehead atoms. The molecule has 0 saturated carbocycles. The Morgan fingerprint density at radius 3 is 2.29 bits per heavy atom. The fourth-order valence-corrected chi connectivity index (χ4v) is 3.48. The Morgan fingerprint density at radius 1 is 0.964 bits per heavy atom. The van der Waals surface area contributed by atoms with E-state index < -0.39 is 0 Å². The second-order valence-corrected chi connectivity index (χ2v) is 6.93. The van der Waals surface area contributed by atoms with Gasteiger partial charge in [-0.3, -0.25) is 9.69 Å². The second-order valence-electron chi connectivity index (χ2n) is 6.93. The van der Waals surface area contributed by atoms with Crippen molar-refractivity contribution in [3.05, 3.63) is 59.4 Å². The van der Waals surface area contributed by atoms with E-state index >= 15 is 0 Å². The van der Waals surface area contributed by atoms with Gasteiger partial charge >= 0.3 is 0 Å².